The summed E-state index contributed by atoms with van der Waals surface area (Å²) in [6.07, 6.45) is 16.6. The van der Waals surface area contributed by atoms with Gasteiger partial charge in [0.2, 0.25) is 0 Å². The van der Waals surface area contributed by atoms with E-state index in [9.17, 15) is 0 Å². The van der Waals surface area contributed by atoms with Gasteiger partial charge in [-0.15, -0.1) is 24.8 Å². The Morgan fingerprint density at radius 3 is 2.18 bits per heavy atom. The third-order valence-corrected chi connectivity index (χ3v) is 27.1. The van der Waals surface area contributed by atoms with Crippen molar-refractivity contribution in [3.63, 3.8) is 0 Å². The zero-order chi connectivity index (χ0) is 29.7. The summed E-state index contributed by atoms with van der Waals surface area (Å²) in [7, 11) is 0. The first-order valence-electron chi connectivity index (χ1n) is 17.0. The van der Waals surface area contributed by atoms with Gasteiger partial charge >= 0.3 is 262 Å². The van der Waals surface area contributed by atoms with Gasteiger partial charge < -0.3 is 0 Å². The first-order chi connectivity index (χ1) is 19.9. The van der Waals surface area contributed by atoms with Crippen LogP contribution in [-0.4, -0.2) is 4.21 Å². The zero-order valence-electron chi connectivity index (χ0n) is 28.2. The normalized spacial score (nSPS) is 33.1. The first-order valence-corrected chi connectivity index (χ1v) is 22.5. The Balaban J connectivity index is 0.00000192. The van der Waals surface area contributed by atoms with E-state index in [0.717, 1.165) is 24.2 Å². The molecule has 7 unspecified atom stereocenters. The van der Waals surface area contributed by atoms with E-state index in [1.807, 2.05) is 11.1 Å². The van der Waals surface area contributed by atoms with Gasteiger partial charge in [-0.1, -0.05) is 0 Å². The van der Waals surface area contributed by atoms with Crippen LogP contribution in [0.4, 0.5) is 0 Å². The maximum atomic E-state index is 5.67. The fourth-order valence-electron chi connectivity index (χ4n) is 10.9. The molecule has 3 heteroatoms. The summed E-state index contributed by atoms with van der Waals surface area (Å²) in [5.74, 6) is 3.71. The predicted octanol–water partition coefficient (Wildman–Crippen LogP) is 11.2. The summed E-state index contributed by atoms with van der Waals surface area (Å²) < 4.78 is 9.09. The van der Waals surface area contributed by atoms with Gasteiger partial charge in [0, 0.05) is 0 Å². The summed E-state index contributed by atoms with van der Waals surface area (Å²) in [6.45, 7) is 17.7. The predicted molar refractivity (Wildman–Crippen MR) is 193 cm³/mol. The monoisotopic (exact) mass is 707 g/mol. The van der Waals surface area contributed by atoms with E-state index in [4.69, 9.17) is 4.21 Å². The van der Waals surface area contributed by atoms with Crippen molar-refractivity contribution in [3.8, 4) is 0 Å². The summed E-state index contributed by atoms with van der Waals surface area (Å²) in [5.41, 5.74) is 8.85. The second-order valence-corrected chi connectivity index (χ2v) is 26.5. The van der Waals surface area contributed by atoms with Crippen molar-refractivity contribution in [2.24, 2.45) is 29.1 Å². The van der Waals surface area contributed by atoms with Gasteiger partial charge in [-0.05, 0) is 0 Å². The Labute approximate surface area is 285 Å². The third-order valence-electron chi connectivity index (χ3n) is 13.8. The molecular weight excluding hydrogens is 655 g/mol. The molecule has 0 radical (unpaired) electrons. The fourth-order valence-corrected chi connectivity index (χ4v) is 24.0. The van der Waals surface area contributed by atoms with Crippen molar-refractivity contribution < 1.29 is 19.8 Å². The van der Waals surface area contributed by atoms with E-state index in [1.54, 1.807) is 17.7 Å². The fraction of sp³-hybridized carbons (Fsp3) is 0.537. The number of hydrogen-bond donors (Lipinski definition) is 0. The van der Waals surface area contributed by atoms with Gasteiger partial charge in [0.1, 0.15) is 0 Å². The minimum absolute atomic E-state index is 0. The summed E-state index contributed by atoms with van der Waals surface area (Å²) in [5, 5.41) is 0. The molecule has 44 heavy (non-hydrogen) atoms. The third kappa shape index (κ3) is 4.71. The van der Waals surface area contributed by atoms with Gasteiger partial charge in [0.15, 0.2) is 0 Å². The van der Waals surface area contributed by atoms with E-state index >= 15 is 0 Å². The molecule has 2 fully saturated rings. The van der Waals surface area contributed by atoms with Gasteiger partial charge in [-0.3, -0.25) is 0 Å². The van der Waals surface area contributed by atoms with E-state index in [2.05, 4.69) is 115 Å². The molecule has 7 atom stereocenters. The van der Waals surface area contributed by atoms with Crippen LogP contribution in [0.5, 0.6) is 0 Å². The topological polar surface area (TPSA) is 0 Å². The zero-order valence-corrected chi connectivity index (χ0v) is 32.3. The molecule has 0 saturated heterocycles. The molecule has 2 saturated carbocycles. The molecule has 5 aliphatic carbocycles. The van der Waals surface area contributed by atoms with Crippen LogP contribution in [0.3, 0.4) is 0 Å². The summed E-state index contributed by atoms with van der Waals surface area (Å²) in [4.78, 5) is 0. The van der Waals surface area contributed by atoms with Crippen molar-refractivity contribution in [1.29, 1.82) is 0 Å². The van der Waals surface area contributed by atoms with E-state index < -0.39 is 19.8 Å². The molecule has 0 aliphatic heterocycles. The van der Waals surface area contributed by atoms with Crippen LogP contribution in [0.1, 0.15) is 110 Å². The van der Waals surface area contributed by atoms with Crippen LogP contribution >= 0.6 is 24.8 Å². The average molecular weight is 710 g/mol. The molecule has 0 nitrogen and oxygen atoms in total. The van der Waals surface area contributed by atoms with E-state index in [-0.39, 0.29) is 38.8 Å². The van der Waals surface area contributed by atoms with Gasteiger partial charge in [-0.2, -0.15) is 0 Å². The maximum absolute atomic E-state index is 5.67. The first kappa shape index (κ1) is 34.3. The van der Waals surface area contributed by atoms with Crippen molar-refractivity contribution >= 4 is 32.3 Å². The second kappa shape index (κ2) is 11.9. The van der Waals surface area contributed by atoms with Crippen LogP contribution in [0, 0.1) is 29.1 Å². The Morgan fingerprint density at radius 2 is 1.55 bits per heavy atom. The standard InChI is InChI=1S/C25H33.C10H13.C5H5.CH2.2ClH.Zr/c1-15-13-21-19-11-7-8-12-20(19)24-18-10-6-5-9-17(18)14-22(24)23(21)16(2)25(15,3)4;1-10(2,3)9-7-5-4-6-8-9;1-2-4-5-3-1;;;;/h5-6,9-10,15,19-21,24H,7-8,11-14H2,1-4H3;5-8H,1-3H3;1-3H,4H2;1H2;2*1H;. The Kier molecular flexibility index (Phi) is 9.29. The minimum atomic E-state index is -3.62. The number of halogens is 2. The number of hydrogen-bond acceptors (Lipinski definition) is 0. The molecule has 0 heterocycles. The quantitative estimate of drug-likeness (QED) is 0.278. The average Bonchev–Trinajstić information content (AvgIpc) is 3.64. The SMILES string of the molecule is Cl.Cl.[CH2]=[Zr]([C]1=CC=CC1)([c]1ccc(C(C)(C)C)cc1)[C]1(C)C2=C3Cc4ccccc4C3C3CCCCC3C2CC(C)C1(C)C. The molecule has 2 aromatic rings. The molecule has 0 aromatic heterocycles. The number of rotatable bonds is 3. The summed E-state index contributed by atoms with van der Waals surface area (Å²) >= 11 is -3.62. The Bertz CT molecular complexity index is 1550. The van der Waals surface area contributed by atoms with Crippen LogP contribution in [-0.2, 0) is 31.6 Å². The molecule has 0 N–H and O–H groups in total. The van der Waals surface area contributed by atoms with Crippen LogP contribution in [0.2, 0.25) is 3.12 Å². The van der Waals surface area contributed by atoms with Crippen molar-refractivity contribution in [2.45, 2.75) is 108 Å². The van der Waals surface area contributed by atoms with Crippen molar-refractivity contribution in [1.82, 2.24) is 0 Å². The van der Waals surface area contributed by atoms with Gasteiger partial charge in [0.25, 0.3) is 0 Å². The van der Waals surface area contributed by atoms with Gasteiger partial charge in [-0.25, -0.2) is 0 Å². The van der Waals surface area contributed by atoms with Crippen LogP contribution < -0.4 is 3.27 Å². The molecule has 237 valence electrons. The summed E-state index contributed by atoms with van der Waals surface area (Å²) in [6, 6.07) is 19.6. The Hall–Kier alpha value is -1.01. The second-order valence-electron chi connectivity index (χ2n) is 16.6. The van der Waals surface area contributed by atoms with Crippen LogP contribution in [0.25, 0.3) is 0 Å². The molecule has 7 rings (SSSR count). The van der Waals surface area contributed by atoms with E-state index in [1.165, 1.54) is 44.1 Å². The molecule has 0 amide bonds. The molecule has 2 aromatic carbocycles. The van der Waals surface area contributed by atoms with Crippen molar-refractivity contribution in [2.75, 3.05) is 0 Å². The van der Waals surface area contributed by atoms with Crippen molar-refractivity contribution in [3.05, 3.63) is 97.9 Å². The van der Waals surface area contributed by atoms with E-state index in [0.29, 0.717) is 11.8 Å². The molecule has 0 spiro atoms. The Morgan fingerprint density at radius 1 is 0.886 bits per heavy atom. The molecule has 5 aliphatic rings. The molecule has 0 bridgehead atoms. The number of allylic oxidation sites excluding steroid dienone is 6. The number of benzene rings is 2. The number of fused-ring (bicyclic) bond motifs is 7. The van der Waals surface area contributed by atoms with Crippen LogP contribution in [0.15, 0.2) is 81.2 Å². The van der Waals surface area contributed by atoms with Gasteiger partial charge in [0.05, 0.1) is 0 Å². The molecular formula is C41H55Cl2Zr.